The van der Waals surface area contributed by atoms with E-state index < -0.39 is 0 Å². The van der Waals surface area contributed by atoms with Gasteiger partial charge in [-0.3, -0.25) is 4.90 Å². The van der Waals surface area contributed by atoms with Crippen LogP contribution in [-0.4, -0.2) is 30.1 Å². The Bertz CT molecular complexity index is 427. The number of aryl methyl sites for hydroxylation is 2. The number of nitrogens with one attached hydrogen (secondary N) is 1. The van der Waals surface area contributed by atoms with Crippen LogP contribution in [0.15, 0.2) is 10.5 Å². The van der Waals surface area contributed by atoms with Crippen molar-refractivity contribution in [3.8, 4) is 0 Å². The molecule has 3 nitrogen and oxygen atoms in total. The fraction of sp³-hybridized carbons (Fsp3) is 0.765. The molecule has 0 radical (unpaired) electrons. The Morgan fingerprint density at radius 3 is 2.75 bits per heavy atom. The van der Waals surface area contributed by atoms with Crippen molar-refractivity contribution in [3.63, 3.8) is 0 Å². The van der Waals surface area contributed by atoms with E-state index in [1.54, 1.807) is 0 Å². The fourth-order valence-corrected chi connectivity index (χ4v) is 3.54. The van der Waals surface area contributed by atoms with Gasteiger partial charge in [0.05, 0.1) is 0 Å². The van der Waals surface area contributed by atoms with Gasteiger partial charge in [0, 0.05) is 30.2 Å². The molecule has 1 aromatic heterocycles. The monoisotopic (exact) mass is 278 g/mol. The number of hydrogen-bond acceptors (Lipinski definition) is 3. The second-order valence-corrected chi connectivity index (χ2v) is 6.31. The van der Waals surface area contributed by atoms with Gasteiger partial charge in [0.25, 0.3) is 0 Å². The van der Waals surface area contributed by atoms with Crippen LogP contribution < -0.4 is 5.32 Å². The third-order valence-electron chi connectivity index (χ3n) is 4.64. The second kappa shape index (κ2) is 6.77. The van der Waals surface area contributed by atoms with Crippen LogP contribution in [0.4, 0.5) is 0 Å². The molecule has 114 valence electrons. The van der Waals surface area contributed by atoms with Gasteiger partial charge in [-0.2, -0.15) is 0 Å². The zero-order valence-electron chi connectivity index (χ0n) is 13.7. The lowest BCUT2D eigenvalue weighted by Crippen LogP contribution is -2.48. The first-order chi connectivity index (χ1) is 9.52. The molecule has 1 N–H and O–H groups in total. The Hall–Kier alpha value is -0.800. The largest absolute Gasteiger partial charge is 0.466 e. The Morgan fingerprint density at radius 2 is 2.20 bits per heavy atom. The van der Waals surface area contributed by atoms with Crippen LogP contribution in [0.2, 0.25) is 0 Å². The van der Waals surface area contributed by atoms with Gasteiger partial charge in [-0.05, 0) is 59.6 Å². The summed E-state index contributed by atoms with van der Waals surface area (Å²) in [5, 5.41) is 3.67. The molecule has 3 heteroatoms. The topological polar surface area (TPSA) is 28.4 Å². The summed E-state index contributed by atoms with van der Waals surface area (Å²) in [4.78, 5) is 2.63. The van der Waals surface area contributed by atoms with Crippen LogP contribution in [0, 0.1) is 13.8 Å². The first-order valence-electron chi connectivity index (χ1n) is 8.09. The molecule has 2 rings (SSSR count). The van der Waals surface area contributed by atoms with Crippen LogP contribution in [0.3, 0.4) is 0 Å². The highest BCUT2D eigenvalue weighted by atomic mass is 16.3. The third kappa shape index (κ3) is 3.44. The molecule has 3 unspecified atom stereocenters. The average molecular weight is 278 g/mol. The van der Waals surface area contributed by atoms with Gasteiger partial charge in [0.1, 0.15) is 11.5 Å². The summed E-state index contributed by atoms with van der Waals surface area (Å²) in [6.07, 6.45) is 3.73. The van der Waals surface area contributed by atoms with Gasteiger partial charge in [-0.25, -0.2) is 0 Å². The smallest absolute Gasteiger partial charge is 0.105 e. The summed E-state index contributed by atoms with van der Waals surface area (Å²) in [5.41, 5.74) is 1.36. The number of likely N-dealkylation sites (tertiary alicyclic amines) is 1. The lowest BCUT2D eigenvalue weighted by atomic mass is 9.94. The van der Waals surface area contributed by atoms with Gasteiger partial charge in [-0.15, -0.1) is 0 Å². The molecule has 3 atom stereocenters. The minimum Gasteiger partial charge on any atom is -0.466 e. The maximum atomic E-state index is 5.70. The highest BCUT2D eigenvalue weighted by Crippen LogP contribution is 2.31. The molecule has 20 heavy (non-hydrogen) atoms. The van der Waals surface area contributed by atoms with Crippen molar-refractivity contribution in [2.45, 2.75) is 72.0 Å². The fourth-order valence-electron chi connectivity index (χ4n) is 3.54. The lowest BCUT2D eigenvalue weighted by molar-refractivity contribution is 0.0949. The quantitative estimate of drug-likeness (QED) is 0.888. The standard InChI is InChI=1S/C17H30N2O/c1-6-8-18-16-7-9-19(12(2)10-16)14(4)17-11-13(3)20-15(17)5/h11-12,14,16,18H,6-10H2,1-5H3. The van der Waals surface area contributed by atoms with Crippen LogP contribution in [-0.2, 0) is 0 Å². The van der Waals surface area contributed by atoms with Crippen molar-refractivity contribution >= 4 is 0 Å². The summed E-state index contributed by atoms with van der Waals surface area (Å²) in [6.45, 7) is 13.3. The SMILES string of the molecule is CCCNC1CCN(C(C)c2cc(C)oc2C)C(C)C1. The summed E-state index contributed by atoms with van der Waals surface area (Å²) in [6, 6.07) is 3.98. The van der Waals surface area contributed by atoms with E-state index in [1.165, 1.54) is 31.4 Å². The maximum Gasteiger partial charge on any atom is 0.105 e. The molecule has 2 heterocycles. The number of nitrogens with zero attached hydrogens (tertiary/aromatic N) is 1. The number of hydrogen-bond donors (Lipinski definition) is 1. The zero-order chi connectivity index (χ0) is 14.7. The molecule has 1 aromatic rings. The first-order valence-corrected chi connectivity index (χ1v) is 8.09. The van der Waals surface area contributed by atoms with Gasteiger partial charge in [0.2, 0.25) is 0 Å². The Balaban J connectivity index is 1.98. The van der Waals surface area contributed by atoms with Gasteiger partial charge in [0.15, 0.2) is 0 Å². The molecule has 1 fully saturated rings. The van der Waals surface area contributed by atoms with Crippen LogP contribution in [0.25, 0.3) is 0 Å². The highest BCUT2D eigenvalue weighted by Gasteiger charge is 2.30. The van der Waals surface area contributed by atoms with E-state index in [2.05, 4.69) is 44.0 Å². The predicted molar refractivity (Wildman–Crippen MR) is 84.1 cm³/mol. The predicted octanol–water partition coefficient (Wildman–Crippen LogP) is 3.81. The van der Waals surface area contributed by atoms with Crippen LogP contribution >= 0.6 is 0 Å². The van der Waals surface area contributed by atoms with Gasteiger partial charge >= 0.3 is 0 Å². The van der Waals surface area contributed by atoms with E-state index >= 15 is 0 Å². The Labute approximate surface area is 123 Å². The second-order valence-electron chi connectivity index (χ2n) is 6.31. The van der Waals surface area contributed by atoms with E-state index in [0.717, 1.165) is 18.1 Å². The van der Waals surface area contributed by atoms with Crippen LogP contribution in [0.1, 0.15) is 63.2 Å². The molecule has 0 bridgehead atoms. The molecule has 0 aliphatic carbocycles. The van der Waals surface area contributed by atoms with Gasteiger partial charge in [-0.1, -0.05) is 6.92 Å². The normalized spacial score (nSPS) is 25.9. The Kier molecular flexibility index (Phi) is 5.28. The molecule has 1 aliphatic heterocycles. The number of piperidine rings is 1. The average Bonchev–Trinajstić information content (AvgIpc) is 2.75. The maximum absolute atomic E-state index is 5.70. The van der Waals surface area contributed by atoms with E-state index in [-0.39, 0.29) is 0 Å². The molecule has 0 spiro atoms. The molecular formula is C17H30N2O. The van der Waals surface area contributed by atoms with Gasteiger partial charge < -0.3 is 9.73 Å². The number of rotatable bonds is 5. The van der Waals surface area contributed by atoms with E-state index in [1.807, 2.05) is 6.92 Å². The third-order valence-corrected chi connectivity index (χ3v) is 4.64. The summed E-state index contributed by atoms with van der Waals surface area (Å²) < 4.78 is 5.70. The number of furan rings is 1. The van der Waals surface area contributed by atoms with E-state index in [9.17, 15) is 0 Å². The van der Waals surface area contributed by atoms with Crippen molar-refractivity contribution in [1.29, 1.82) is 0 Å². The molecular weight excluding hydrogens is 248 g/mol. The summed E-state index contributed by atoms with van der Waals surface area (Å²) in [5.74, 6) is 2.10. The first kappa shape index (κ1) is 15.6. The molecule has 0 aromatic carbocycles. The lowest BCUT2D eigenvalue weighted by Gasteiger charge is -2.41. The Morgan fingerprint density at radius 1 is 1.45 bits per heavy atom. The van der Waals surface area contributed by atoms with Crippen molar-refractivity contribution in [2.24, 2.45) is 0 Å². The van der Waals surface area contributed by atoms with Crippen LogP contribution in [0.5, 0.6) is 0 Å². The minimum absolute atomic E-state index is 0.453. The summed E-state index contributed by atoms with van der Waals surface area (Å²) in [7, 11) is 0. The van der Waals surface area contributed by atoms with Crippen molar-refractivity contribution in [1.82, 2.24) is 10.2 Å². The highest BCUT2D eigenvalue weighted by molar-refractivity contribution is 5.24. The molecule has 1 saturated heterocycles. The van der Waals surface area contributed by atoms with E-state index in [4.69, 9.17) is 4.42 Å². The minimum atomic E-state index is 0.453. The zero-order valence-corrected chi connectivity index (χ0v) is 13.7. The van der Waals surface area contributed by atoms with Crippen molar-refractivity contribution < 1.29 is 4.42 Å². The van der Waals surface area contributed by atoms with E-state index in [0.29, 0.717) is 18.1 Å². The molecule has 1 aliphatic rings. The molecule has 0 amide bonds. The van der Waals surface area contributed by atoms with Crippen molar-refractivity contribution in [3.05, 3.63) is 23.2 Å². The van der Waals surface area contributed by atoms with Crippen molar-refractivity contribution in [2.75, 3.05) is 13.1 Å². The summed E-state index contributed by atoms with van der Waals surface area (Å²) >= 11 is 0. The molecule has 0 saturated carbocycles.